The van der Waals surface area contributed by atoms with Crippen LogP contribution in [0.2, 0.25) is 0 Å². The summed E-state index contributed by atoms with van der Waals surface area (Å²) in [5.74, 6) is -0.0209. The molecule has 44 heavy (non-hydrogen) atoms. The van der Waals surface area contributed by atoms with E-state index in [2.05, 4.69) is 11.9 Å². The minimum absolute atomic E-state index is 0.00708. The lowest BCUT2D eigenvalue weighted by atomic mass is 9.63. The summed E-state index contributed by atoms with van der Waals surface area (Å²) >= 11 is 0. The van der Waals surface area contributed by atoms with Gasteiger partial charge in [0, 0.05) is 41.5 Å². The number of aryl methyl sites for hydroxylation is 2. The second-order valence-electron chi connectivity index (χ2n) is 12.0. The number of benzene rings is 1. The summed E-state index contributed by atoms with van der Waals surface area (Å²) < 4.78 is 5.59. The summed E-state index contributed by atoms with van der Waals surface area (Å²) in [5, 5.41) is 22.6. The van der Waals surface area contributed by atoms with Gasteiger partial charge in [-0.2, -0.15) is 11.4 Å². The first-order chi connectivity index (χ1) is 21.2. The third-order valence-electron chi connectivity index (χ3n) is 8.79. The van der Waals surface area contributed by atoms with E-state index in [4.69, 9.17) is 15.5 Å². The number of nitrogens with two attached hydrogens (primary N) is 1. The molecule has 236 valence electrons. The van der Waals surface area contributed by atoms with Crippen LogP contribution in [-0.2, 0) is 28.9 Å². The van der Waals surface area contributed by atoms with Gasteiger partial charge in [0.25, 0.3) is 0 Å². The first-order valence-corrected chi connectivity index (χ1v) is 15.8. The summed E-state index contributed by atoms with van der Waals surface area (Å²) in [6.45, 7) is 3.99. The number of carbonyl (C=O) groups excluding carboxylic acids is 2. The number of hydrogen-bond donors (Lipinski definition) is 3. The fourth-order valence-corrected chi connectivity index (χ4v) is 6.33. The first kappa shape index (κ1) is 33.0. The van der Waals surface area contributed by atoms with E-state index in [1.807, 2.05) is 43.3 Å². The number of aromatic nitrogens is 2. The maximum atomic E-state index is 12.8. The lowest BCUT2D eigenvalue weighted by Gasteiger charge is -2.42. The molecule has 3 aromatic rings. The number of fused-ring (bicyclic) bond motifs is 1. The van der Waals surface area contributed by atoms with Gasteiger partial charge in [0.05, 0.1) is 20.1 Å². The quantitative estimate of drug-likeness (QED) is 0.125. The van der Waals surface area contributed by atoms with Crippen molar-refractivity contribution in [3.63, 3.8) is 0 Å². The van der Waals surface area contributed by atoms with Crippen molar-refractivity contribution >= 4 is 23.5 Å². The minimum Gasteiger partial charge on any atom is -0.665 e. The van der Waals surface area contributed by atoms with E-state index >= 15 is 0 Å². The average Bonchev–Trinajstić information content (AvgIpc) is 3.48. The number of rotatable bonds is 17. The van der Waals surface area contributed by atoms with Gasteiger partial charge in [-0.25, -0.2) is 4.98 Å². The van der Waals surface area contributed by atoms with Crippen LogP contribution in [0.25, 0.3) is 6.08 Å². The van der Waals surface area contributed by atoms with Crippen LogP contribution in [0.1, 0.15) is 105 Å². The number of anilines is 1. The zero-order chi connectivity index (χ0) is 31.7. The molecule has 8 nitrogen and oxygen atoms in total. The van der Waals surface area contributed by atoms with Crippen molar-refractivity contribution in [1.29, 1.82) is 0 Å². The van der Waals surface area contributed by atoms with Gasteiger partial charge in [-0.3, -0.25) is 9.59 Å². The second kappa shape index (κ2) is 15.2. The van der Waals surface area contributed by atoms with Crippen molar-refractivity contribution in [3.05, 3.63) is 76.2 Å². The normalized spacial score (nSPS) is 17.4. The van der Waals surface area contributed by atoms with Crippen LogP contribution in [0.4, 0.5) is 5.82 Å². The van der Waals surface area contributed by atoms with Gasteiger partial charge >= 0.3 is 0 Å². The number of carbonyl (C=O) groups is 2. The number of phenolic OH excluding ortho intramolecular Hbond substituents is 1. The molecule has 4 N–H and O–H groups in total. The van der Waals surface area contributed by atoms with E-state index < -0.39 is 11.3 Å². The number of ether oxygens (including phenoxy) is 1. The summed E-state index contributed by atoms with van der Waals surface area (Å²) in [7, 11) is 1.49. The largest absolute Gasteiger partial charge is 0.665 e. The minimum atomic E-state index is -0.854. The van der Waals surface area contributed by atoms with Crippen LogP contribution in [-0.4, -0.2) is 40.5 Å². The third-order valence-corrected chi connectivity index (χ3v) is 8.79. The first-order valence-electron chi connectivity index (χ1n) is 15.8. The number of Topliss-reactive ketones (excluding diaryl/α,β-unsaturated/α-hetero) is 2. The van der Waals surface area contributed by atoms with Crippen LogP contribution < -0.4 is 15.5 Å². The van der Waals surface area contributed by atoms with Gasteiger partial charge in [-0.1, -0.05) is 76.3 Å². The molecule has 0 saturated heterocycles. The van der Waals surface area contributed by atoms with E-state index in [-0.39, 0.29) is 42.5 Å². The molecule has 0 spiro atoms. The molecule has 1 aromatic carbocycles. The smallest absolute Gasteiger partial charge is 0.161 e. The number of nitrogen functional groups attached to an aromatic ring is 1. The topological polar surface area (TPSA) is 137 Å². The number of phenols is 1. The lowest BCUT2D eigenvalue weighted by Crippen LogP contribution is -2.37. The zero-order valence-electron chi connectivity index (χ0n) is 26.3. The standard InChI is InChI=1S/C36H46N3O5/c1-4-6-7-8-9-10-27(41)21-28(42)14-11-24-19-31(34(43)32(20-24)44-3)33-29-16-18-38-35(37)30(29)15-17-36(33,23-40)22-26-13-12-25(5-2)39-26/h12-13,15-20,33,40,43H,4-11,14,21-23H2,1-3H3,(H2,37,38)/q-1/t33-,36-/m0/s1. The summed E-state index contributed by atoms with van der Waals surface area (Å²) in [6, 6.07) is 9.45. The van der Waals surface area contributed by atoms with Gasteiger partial charge in [-0.15, -0.1) is 0 Å². The molecule has 8 heteroatoms. The van der Waals surface area contributed by atoms with Gasteiger partial charge in [0.2, 0.25) is 0 Å². The van der Waals surface area contributed by atoms with Crippen LogP contribution in [0, 0.1) is 5.41 Å². The van der Waals surface area contributed by atoms with E-state index in [0.29, 0.717) is 30.6 Å². The molecule has 4 rings (SSSR count). The van der Waals surface area contributed by atoms with Crippen LogP contribution in [0.3, 0.4) is 0 Å². The van der Waals surface area contributed by atoms with Crippen LogP contribution in [0.15, 0.2) is 42.6 Å². The van der Waals surface area contributed by atoms with Crippen molar-refractivity contribution in [2.24, 2.45) is 5.41 Å². The highest BCUT2D eigenvalue weighted by Gasteiger charge is 2.43. The predicted molar refractivity (Wildman–Crippen MR) is 173 cm³/mol. The third kappa shape index (κ3) is 7.59. The van der Waals surface area contributed by atoms with Crippen molar-refractivity contribution in [3.8, 4) is 11.5 Å². The molecule has 0 aliphatic heterocycles. The number of aliphatic hydroxyl groups is 1. The molecular weight excluding hydrogens is 554 g/mol. The Morgan fingerprint density at radius 3 is 2.48 bits per heavy atom. The average molecular weight is 601 g/mol. The van der Waals surface area contributed by atoms with Crippen molar-refractivity contribution in [2.75, 3.05) is 19.5 Å². The second-order valence-corrected chi connectivity index (χ2v) is 12.0. The number of pyridine rings is 1. The molecule has 2 heterocycles. The summed E-state index contributed by atoms with van der Waals surface area (Å²) in [6.07, 6.45) is 13.0. The molecule has 0 unspecified atom stereocenters. The van der Waals surface area contributed by atoms with Gasteiger partial charge < -0.3 is 25.7 Å². The number of aliphatic hydroxyl groups excluding tert-OH is 1. The lowest BCUT2D eigenvalue weighted by molar-refractivity contribution is -0.127. The molecule has 0 radical (unpaired) electrons. The van der Waals surface area contributed by atoms with E-state index in [1.54, 1.807) is 12.3 Å². The monoisotopic (exact) mass is 600 g/mol. The van der Waals surface area contributed by atoms with Gasteiger partial charge in [0.1, 0.15) is 17.4 Å². The predicted octanol–water partition coefficient (Wildman–Crippen LogP) is 6.10. The molecule has 1 aliphatic rings. The van der Waals surface area contributed by atoms with Crippen molar-refractivity contribution in [1.82, 2.24) is 9.97 Å². The Bertz CT molecular complexity index is 1480. The Hall–Kier alpha value is -3.91. The van der Waals surface area contributed by atoms with Gasteiger partial charge in [0.15, 0.2) is 11.5 Å². The molecule has 0 saturated carbocycles. The number of unbranched alkanes of at least 4 members (excludes halogenated alkanes) is 4. The number of methoxy groups -OCH3 is 1. The Morgan fingerprint density at radius 1 is 1.02 bits per heavy atom. The van der Waals surface area contributed by atoms with Crippen LogP contribution in [0.5, 0.6) is 11.5 Å². The fraction of sp³-hybridized carbons (Fsp3) is 0.472. The summed E-state index contributed by atoms with van der Waals surface area (Å²) in [4.78, 5) is 34.2. The maximum Gasteiger partial charge on any atom is 0.161 e. The fourth-order valence-electron chi connectivity index (χ4n) is 6.33. The Balaban J connectivity index is 1.64. The summed E-state index contributed by atoms with van der Waals surface area (Å²) in [5.41, 5.74) is 10.2. The highest BCUT2D eigenvalue weighted by molar-refractivity contribution is 5.99. The molecule has 2 aromatic heterocycles. The molecule has 0 amide bonds. The zero-order valence-corrected chi connectivity index (χ0v) is 26.3. The number of hydrogen-bond acceptors (Lipinski definition) is 7. The Labute approximate surface area is 260 Å². The number of ketones is 2. The van der Waals surface area contributed by atoms with Crippen molar-refractivity contribution < 1.29 is 24.5 Å². The van der Waals surface area contributed by atoms with Crippen molar-refractivity contribution in [2.45, 2.75) is 90.4 Å². The molecule has 1 aliphatic carbocycles. The van der Waals surface area contributed by atoms with E-state index in [0.717, 1.165) is 60.2 Å². The molecular formula is C36H46N3O5-. The van der Waals surface area contributed by atoms with Gasteiger partial charge in [-0.05, 0) is 42.5 Å². The number of aromatic hydroxyl groups is 1. The van der Waals surface area contributed by atoms with E-state index in [1.165, 1.54) is 13.5 Å². The Morgan fingerprint density at radius 2 is 1.77 bits per heavy atom. The highest BCUT2D eigenvalue weighted by atomic mass is 16.5. The SMILES string of the molecule is CCCCCCCC(=O)CC(=O)CCc1cc(OC)c(O)c([C@@H]2c3ccnc(N)c3C=C[C@@]2(CO)Cc2ccc(CC)[n-]2)c1. The molecule has 0 bridgehead atoms. The maximum absolute atomic E-state index is 12.8. The molecule has 2 atom stereocenters. The Kier molecular flexibility index (Phi) is 11.4. The highest BCUT2D eigenvalue weighted by Crippen LogP contribution is 2.53. The molecule has 0 fully saturated rings. The van der Waals surface area contributed by atoms with Crippen LogP contribution >= 0.6 is 0 Å². The number of nitrogens with zero attached hydrogens (tertiary/aromatic N) is 2. The van der Waals surface area contributed by atoms with E-state index in [9.17, 15) is 19.8 Å².